The van der Waals surface area contributed by atoms with Crippen LogP contribution in [0.4, 0.5) is 0 Å². The molecule has 2 nitrogen and oxygen atoms in total. The van der Waals surface area contributed by atoms with Gasteiger partial charge in [0.2, 0.25) is 5.91 Å². The third-order valence-corrected chi connectivity index (χ3v) is 2.81. The van der Waals surface area contributed by atoms with Gasteiger partial charge in [-0.25, -0.2) is 0 Å². The van der Waals surface area contributed by atoms with E-state index < -0.39 is 0 Å². The van der Waals surface area contributed by atoms with Crippen molar-refractivity contribution in [3.63, 3.8) is 0 Å². The van der Waals surface area contributed by atoms with E-state index in [2.05, 4.69) is 34.1 Å². The van der Waals surface area contributed by atoms with Crippen LogP contribution in [0.5, 0.6) is 0 Å². The van der Waals surface area contributed by atoms with Crippen molar-refractivity contribution >= 4 is 5.91 Å². The van der Waals surface area contributed by atoms with Crippen molar-refractivity contribution in [2.24, 2.45) is 0 Å². The Morgan fingerprint density at radius 3 is 1.77 bits per heavy atom. The normalized spacial score (nSPS) is 25.8. The minimum atomic E-state index is -0.0203. The van der Waals surface area contributed by atoms with Crippen LogP contribution in [0.3, 0.4) is 0 Å². The number of nitrogens with zero attached hydrogens (tertiary/aromatic N) is 1. The van der Waals surface area contributed by atoms with Crippen molar-refractivity contribution in [3.8, 4) is 0 Å². The minimum Gasteiger partial charge on any atom is -0.333 e. The summed E-state index contributed by atoms with van der Waals surface area (Å²) in [6, 6.07) is 0. The summed E-state index contributed by atoms with van der Waals surface area (Å²) in [6.45, 7) is 10.2. The molecule has 0 aromatic heterocycles. The molecule has 1 amide bonds. The van der Waals surface area contributed by atoms with Crippen molar-refractivity contribution in [3.05, 3.63) is 6.42 Å². The molecule has 1 aliphatic heterocycles. The molecule has 75 valence electrons. The van der Waals surface area contributed by atoms with Crippen molar-refractivity contribution in [2.45, 2.75) is 58.5 Å². The first-order valence-corrected chi connectivity index (χ1v) is 4.90. The van der Waals surface area contributed by atoms with Crippen LogP contribution in [0.25, 0.3) is 0 Å². The van der Waals surface area contributed by atoms with Gasteiger partial charge in [-0.15, -0.1) is 0 Å². The number of hydrogen-bond acceptors (Lipinski definition) is 1. The first kappa shape index (κ1) is 10.6. The fourth-order valence-corrected chi connectivity index (χ4v) is 2.63. The van der Waals surface area contributed by atoms with E-state index in [1.807, 2.05) is 4.90 Å². The number of carbonyl (C=O) groups excluding carboxylic acids is 1. The predicted octanol–water partition coefficient (Wildman–Crippen LogP) is 2.39. The van der Waals surface area contributed by atoms with Crippen molar-refractivity contribution in [2.75, 3.05) is 0 Å². The summed E-state index contributed by atoms with van der Waals surface area (Å²) in [5.41, 5.74) is -0.0405. The Kier molecular flexibility index (Phi) is 2.44. The second-order valence-electron chi connectivity index (χ2n) is 5.18. The largest absolute Gasteiger partial charge is 0.333 e. The van der Waals surface area contributed by atoms with Crippen LogP contribution >= 0.6 is 0 Å². The first-order valence-electron chi connectivity index (χ1n) is 4.90. The number of likely N-dealkylation sites (tertiary alicyclic amines) is 1. The van der Waals surface area contributed by atoms with Crippen LogP contribution in [0.1, 0.15) is 47.5 Å². The van der Waals surface area contributed by atoms with E-state index in [9.17, 15) is 4.79 Å². The molecule has 0 bridgehead atoms. The zero-order valence-electron chi connectivity index (χ0n) is 9.35. The van der Waals surface area contributed by atoms with Gasteiger partial charge >= 0.3 is 0 Å². The molecule has 1 heterocycles. The summed E-state index contributed by atoms with van der Waals surface area (Å²) < 4.78 is 0. The second kappa shape index (κ2) is 3.00. The van der Waals surface area contributed by atoms with Gasteiger partial charge in [-0.05, 0) is 47.0 Å². The summed E-state index contributed by atoms with van der Waals surface area (Å²) in [4.78, 5) is 13.6. The molecule has 0 spiro atoms. The van der Waals surface area contributed by atoms with Crippen LogP contribution < -0.4 is 0 Å². The molecule has 13 heavy (non-hydrogen) atoms. The number of carbonyl (C=O) groups is 1. The maximum Gasteiger partial charge on any atom is 0.220 e. The highest BCUT2D eigenvalue weighted by Crippen LogP contribution is 2.37. The predicted molar refractivity (Wildman–Crippen MR) is 54.2 cm³/mol. The summed E-state index contributed by atoms with van der Waals surface area (Å²) in [5, 5.41) is 0. The Balaban J connectivity index is 2.98. The number of rotatable bonds is 0. The monoisotopic (exact) mass is 182 g/mol. The summed E-state index contributed by atoms with van der Waals surface area (Å²) in [5.74, 6) is 0.183. The smallest absolute Gasteiger partial charge is 0.220 e. The quantitative estimate of drug-likeness (QED) is 0.563. The van der Waals surface area contributed by atoms with E-state index >= 15 is 0 Å². The lowest BCUT2D eigenvalue weighted by molar-refractivity contribution is -0.144. The topological polar surface area (TPSA) is 20.3 Å². The van der Waals surface area contributed by atoms with Gasteiger partial charge in [-0.1, -0.05) is 0 Å². The SMILES string of the molecule is CC(=O)N1C(C)(C)C[CH]CC1(C)C. The molecule has 2 heteroatoms. The van der Waals surface area contributed by atoms with Crippen LogP contribution in [-0.4, -0.2) is 21.9 Å². The Bertz CT molecular complexity index is 202. The van der Waals surface area contributed by atoms with Gasteiger partial charge < -0.3 is 4.90 Å². The van der Waals surface area contributed by atoms with Gasteiger partial charge in [-0.3, -0.25) is 4.79 Å². The summed E-state index contributed by atoms with van der Waals surface area (Å²) in [7, 11) is 0. The highest BCUT2D eigenvalue weighted by atomic mass is 16.2. The van der Waals surface area contributed by atoms with Crippen LogP contribution in [0, 0.1) is 6.42 Å². The maximum absolute atomic E-state index is 11.5. The fraction of sp³-hybridized carbons (Fsp3) is 0.818. The number of hydrogen-bond donors (Lipinski definition) is 0. The van der Waals surface area contributed by atoms with Crippen molar-refractivity contribution in [1.29, 1.82) is 0 Å². The average molecular weight is 182 g/mol. The molecule has 1 saturated heterocycles. The molecule has 1 aliphatic rings. The van der Waals surface area contributed by atoms with E-state index in [1.165, 1.54) is 0 Å². The third kappa shape index (κ3) is 1.87. The van der Waals surface area contributed by atoms with E-state index in [0.717, 1.165) is 12.8 Å². The molecule has 0 aliphatic carbocycles. The lowest BCUT2D eigenvalue weighted by Gasteiger charge is -2.52. The lowest BCUT2D eigenvalue weighted by atomic mass is 9.80. The number of piperidine rings is 1. The Labute approximate surface area is 81.3 Å². The van der Waals surface area contributed by atoms with Gasteiger partial charge in [0.05, 0.1) is 0 Å². The Hall–Kier alpha value is -0.530. The van der Waals surface area contributed by atoms with Crippen molar-refractivity contribution in [1.82, 2.24) is 4.90 Å². The Morgan fingerprint density at radius 1 is 1.15 bits per heavy atom. The lowest BCUT2D eigenvalue weighted by Crippen LogP contribution is -2.60. The maximum atomic E-state index is 11.5. The summed E-state index contributed by atoms with van der Waals surface area (Å²) >= 11 is 0. The molecule has 0 atom stereocenters. The molecule has 1 fully saturated rings. The highest BCUT2D eigenvalue weighted by molar-refractivity contribution is 5.75. The molecule has 0 unspecified atom stereocenters. The molecular weight excluding hydrogens is 162 g/mol. The van der Waals surface area contributed by atoms with E-state index in [0.29, 0.717) is 0 Å². The first-order chi connectivity index (χ1) is 5.77. The van der Waals surface area contributed by atoms with Gasteiger partial charge in [0.25, 0.3) is 0 Å². The van der Waals surface area contributed by atoms with Crippen LogP contribution in [0.2, 0.25) is 0 Å². The van der Waals surface area contributed by atoms with Gasteiger partial charge in [0.1, 0.15) is 0 Å². The molecular formula is C11H20NO. The van der Waals surface area contributed by atoms with Crippen LogP contribution in [-0.2, 0) is 4.79 Å². The summed E-state index contributed by atoms with van der Waals surface area (Å²) in [6.07, 6.45) is 4.28. The zero-order valence-corrected chi connectivity index (χ0v) is 9.35. The molecule has 0 aromatic carbocycles. The number of amides is 1. The molecule has 0 aromatic rings. The van der Waals surface area contributed by atoms with Gasteiger partial charge in [0, 0.05) is 18.0 Å². The molecule has 0 N–H and O–H groups in total. The molecule has 0 saturated carbocycles. The van der Waals surface area contributed by atoms with Gasteiger partial charge in [0.15, 0.2) is 0 Å². The molecule has 1 rings (SSSR count). The minimum absolute atomic E-state index is 0.0203. The standard InChI is InChI=1S/C11H20NO/c1-9(13)12-10(2,3)7-6-8-11(12,4)5/h6H,7-8H2,1-5H3. The zero-order chi connectivity index (χ0) is 10.3. The molecule has 1 radical (unpaired) electrons. The van der Waals surface area contributed by atoms with Crippen LogP contribution in [0.15, 0.2) is 0 Å². The fourth-order valence-electron chi connectivity index (χ4n) is 2.63. The third-order valence-electron chi connectivity index (χ3n) is 2.81. The average Bonchev–Trinajstić information content (AvgIpc) is 1.79. The van der Waals surface area contributed by atoms with Crippen molar-refractivity contribution < 1.29 is 4.79 Å². The highest BCUT2D eigenvalue weighted by Gasteiger charge is 2.42. The van der Waals surface area contributed by atoms with E-state index in [4.69, 9.17) is 0 Å². The Morgan fingerprint density at radius 2 is 1.54 bits per heavy atom. The van der Waals surface area contributed by atoms with E-state index in [-0.39, 0.29) is 17.0 Å². The second-order valence-corrected chi connectivity index (χ2v) is 5.18. The van der Waals surface area contributed by atoms with E-state index in [1.54, 1.807) is 6.92 Å². The van der Waals surface area contributed by atoms with Gasteiger partial charge in [-0.2, -0.15) is 0 Å².